The van der Waals surface area contributed by atoms with Crippen molar-refractivity contribution in [3.8, 4) is 5.75 Å². The van der Waals surface area contributed by atoms with E-state index in [9.17, 15) is 39.6 Å². The summed E-state index contributed by atoms with van der Waals surface area (Å²) in [7, 11) is -4.47. The maximum Gasteiger partial charge on any atom is 0.573 e. The van der Waals surface area contributed by atoms with Crippen LogP contribution in [0.4, 0.5) is 32.0 Å². The van der Waals surface area contributed by atoms with Crippen LogP contribution >= 0.6 is 0 Å². The molecule has 1 aliphatic rings. The average Bonchev–Trinajstić information content (AvgIpc) is 2.71. The Balaban J connectivity index is 1.88. The molecule has 2 atom stereocenters. The van der Waals surface area contributed by atoms with Gasteiger partial charge in [-0.25, -0.2) is 8.42 Å². The van der Waals surface area contributed by atoms with E-state index in [4.69, 9.17) is 5.11 Å². The van der Waals surface area contributed by atoms with E-state index in [1.54, 1.807) is 18.7 Å². The lowest BCUT2D eigenvalue weighted by Crippen LogP contribution is -2.58. The topological polar surface area (TPSA) is 87.2 Å². The van der Waals surface area contributed by atoms with Gasteiger partial charge in [-0.1, -0.05) is 0 Å². The van der Waals surface area contributed by atoms with Crippen LogP contribution in [-0.2, 0) is 27.4 Å². The van der Waals surface area contributed by atoms with Crippen LogP contribution in [0.3, 0.4) is 0 Å². The van der Waals surface area contributed by atoms with Gasteiger partial charge in [0.05, 0.1) is 16.9 Å². The number of sulfonamides is 1. The number of anilines is 1. The molecule has 1 N–H and O–H groups in total. The Bertz CT molecular complexity index is 1200. The molecule has 1 saturated heterocycles. The zero-order valence-corrected chi connectivity index (χ0v) is 19.8. The second kappa shape index (κ2) is 9.81. The number of rotatable bonds is 6. The van der Waals surface area contributed by atoms with Gasteiger partial charge in [0.15, 0.2) is 0 Å². The van der Waals surface area contributed by atoms with Crippen LogP contribution in [0, 0.1) is 0 Å². The van der Waals surface area contributed by atoms with Crippen LogP contribution in [0.15, 0.2) is 47.4 Å². The van der Waals surface area contributed by atoms with Gasteiger partial charge in [-0.15, -0.1) is 13.2 Å². The Morgan fingerprint density at radius 1 is 1.00 bits per heavy atom. The lowest BCUT2D eigenvalue weighted by molar-refractivity contribution is -0.274. The minimum absolute atomic E-state index is 0.101. The second-order valence-electron chi connectivity index (χ2n) is 8.41. The van der Waals surface area contributed by atoms with Gasteiger partial charge < -0.3 is 14.7 Å². The maximum absolute atomic E-state index is 13.4. The fraction of sp³-hybridized carbons (Fsp3) is 0.409. The molecule has 1 aliphatic heterocycles. The predicted molar refractivity (Wildman–Crippen MR) is 116 cm³/mol. The Labute approximate surface area is 202 Å². The number of ether oxygens (including phenoxy) is 1. The summed E-state index contributed by atoms with van der Waals surface area (Å²) in [5.74, 6) is -1.84. The van der Waals surface area contributed by atoms with E-state index in [0.717, 1.165) is 22.5 Å². The van der Waals surface area contributed by atoms with Crippen molar-refractivity contribution in [2.45, 2.75) is 49.8 Å². The van der Waals surface area contributed by atoms with Gasteiger partial charge in [0.25, 0.3) is 0 Å². The largest absolute Gasteiger partial charge is 0.573 e. The van der Waals surface area contributed by atoms with Gasteiger partial charge in [-0.05, 0) is 61.9 Å². The lowest BCUT2D eigenvalue weighted by atomic mass is 10.1. The van der Waals surface area contributed by atoms with E-state index in [2.05, 4.69) is 4.74 Å². The van der Waals surface area contributed by atoms with Crippen molar-refractivity contribution in [3.63, 3.8) is 0 Å². The molecule has 1 heterocycles. The third-order valence-electron chi connectivity index (χ3n) is 5.50. The van der Waals surface area contributed by atoms with Gasteiger partial charge in [0.1, 0.15) is 5.75 Å². The molecule has 1 fully saturated rings. The average molecular weight is 540 g/mol. The molecular weight excluding hydrogens is 518 g/mol. The Kier molecular flexibility index (Phi) is 7.51. The van der Waals surface area contributed by atoms with Gasteiger partial charge >= 0.3 is 18.5 Å². The van der Waals surface area contributed by atoms with Gasteiger partial charge in [0.2, 0.25) is 10.0 Å². The summed E-state index contributed by atoms with van der Waals surface area (Å²) in [4.78, 5) is 12.1. The molecule has 0 spiro atoms. The molecule has 0 amide bonds. The fourth-order valence-electron chi connectivity index (χ4n) is 4.22. The molecule has 3 rings (SSSR count). The zero-order chi connectivity index (χ0) is 27.1. The van der Waals surface area contributed by atoms with E-state index >= 15 is 0 Å². The van der Waals surface area contributed by atoms with Crippen molar-refractivity contribution in [1.29, 1.82) is 0 Å². The highest BCUT2D eigenvalue weighted by Crippen LogP contribution is 2.35. The first-order valence-corrected chi connectivity index (χ1v) is 12.0. The molecule has 2 aromatic rings. The van der Waals surface area contributed by atoms with Gasteiger partial charge in [-0.2, -0.15) is 17.5 Å². The minimum atomic E-state index is -4.89. The number of carbonyl (C=O) groups is 1. The highest BCUT2D eigenvalue weighted by atomic mass is 32.2. The number of nitrogens with zero attached hydrogens (tertiary/aromatic N) is 2. The van der Waals surface area contributed by atoms with Crippen LogP contribution in [0.1, 0.15) is 25.0 Å². The standard InChI is InChI=1S/C22H22F6N2O5S/c1-13-11-29(17-3-5-18(6-4-17)35-22(26,27)28)12-14(2)30(13)36(33,34)19-8-15(9-20(31)32)7-16(10-19)21(23,24)25/h3-8,10,13-14H,9,11-12H2,1-2H3,(H,31,32)/t13-,14+. The molecule has 2 aromatic carbocycles. The number of hydrogen-bond acceptors (Lipinski definition) is 5. The lowest BCUT2D eigenvalue weighted by Gasteiger charge is -2.44. The Morgan fingerprint density at radius 2 is 1.56 bits per heavy atom. The van der Waals surface area contributed by atoms with Crippen molar-refractivity contribution in [3.05, 3.63) is 53.6 Å². The number of hydrogen-bond donors (Lipinski definition) is 1. The summed E-state index contributed by atoms with van der Waals surface area (Å²) >= 11 is 0. The maximum atomic E-state index is 13.4. The van der Waals surface area contributed by atoms with Crippen molar-refractivity contribution < 1.29 is 49.4 Å². The minimum Gasteiger partial charge on any atom is -0.481 e. The molecule has 36 heavy (non-hydrogen) atoms. The van der Waals surface area contributed by atoms with Gasteiger partial charge in [0, 0.05) is 30.9 Å². The summed E-state index contributed by atoms with van der Waals surface area (Å²) < 4.78 is 109. The summed E-state index contributed by atoms with van der Waals surface area (Å²) in [6.07, 6.45) is -10.5. The van der Waals surface area contributed by atoms with Gasteiger partial charge in [-0.3, -0.25) is 4.79 Å². The molecule has 0 bridgehead atoms. The number of benzene rings is 2. The number of halogens is 6. The van der Waals surface area contributed by atoms with Crippen LogP contribution in [-0.4, -0.2) is 55.3 Å². The highest BCUT2D eigenvalue weighted by Gasteiger charge is 2.40. The smallest absolute Gasteiger partial charge is 0.481 e. The van der Waals surface area contributed by atoms with E-state index in [1.165, 1.54) is 12.1 Å². The summed E-state index contributed by atoms with van der Waals surface area (Å²) in [6.45, 7) is 3.30. The normalized spacial score (nSPS) is 19.8. The third kappa shape index (κ3) is 6.40. The number of carboxylic acid groups (broad SMARTS) is 1. The Hall–Kier alpha value is -3.00. The number of alkyl halides is 6. The third-order valence-corrected chi connectivity index (χ3v) is 7.60. The first-order valence-electron chi connectivity index (χ1n) is 10.5. The van der Waals surface area contributed by atoms with Crippen LogP contribution in [0.2, 0.25) is 0 Å². The van der Waals surface area contributed by atoms with Crippen LogP contribution in [0.5, 0.6) is 5.75 Å². The molecule has 0 aliphatic carbocycles. The highest BCUT2D eigenvalue weighted by molar-refractivity contribution is 7.89. The number of piperazine rings is 1. The number of carboxylic acids is 1. The summed E-state index contributed by atoms with van der Waals surface area (Å²) in [5, 5.41) is 8.99. The van der Waals surface area contributed by atoms with E-state index in [1.807, 2.05) is 0 Å². The molecule has 198 valence electrons. The molecule has 0 aromatic heterocycles. The van der Waals surface area contributed by atoms with Crippen LogP contribution in [0.25, 0.3) is 0 Å². The molecule has 0 radical (unpaired) electrons. The SMILES string of the molecule is C[C@@H]1CN(c2ccc(OC(F)(F)F)cc2)C[C@H](C)N1S(=O)(=O)c1cc(CC(=O)O)cc(C(F)(F)F)c1. The summed E-state index contributed by atoms with van der Waals surface area (Å²) in [6, 6.07) is 5.54. The van der Waals surface area contributed by atoms with Crippen molar-refractivity contribution >= 4 is 21.7 Å². The first-order chi connectivity index (χ1) is 16.5. The Morgan fingerprint density at radius 3 is 2.03 bits per heavy atom. The van der Waals surface area contributed by atoms with Crippen molar-refractivity contribution in [2.24, 2.45) is 0 Å². The molecule has 7 nitrogen and oxygen atoms in total. The van der Waals surface area contributed by atoms with Crippen molar-refractivity contribution in [1.82, 2.24) is 4.31 Å². The second-order valence-corrected chi connectivity index (χ2v) is 10.3. The van der Waals surface area contributed by atoms with E-state index < -0.39 is 63.2 Å². The quantitative estimate of drug-likeness (QED) is 0.543. The van der Waals surface area contributed by atoms with E-state index in [-0.39, 0.29) is 18.7 Å². The zero-order valence-electron chi connectivity index (χ0n) is 19.0. The predicted octanol–water partition coefficient (Wildman–Crippen LogP) is 4.52. The fourth-order valence-corrected chi connectivity index (χ4v) is 6.12. The van der Waals surface area contributed by atoms with Crippen LogP contribution < -0.4 is 9.64 Å². The summed E-state index contributed by atoms with van der Waals surface area (Å²) in [5.41, 5.74) is -1.08. The van der Waals surface area contributed by atoms with E-state index in [0.29, 0.717) is 17.8 Å². The molecule has 0 saturated carbocycles. The van der Waals surface area contributed by atoms with Crippen molar-refractivity contribution in [2.75, 3.05) is 18.0 Å². The molecule has 14 heteroatoms. The molecule has 0 unspecified atom stereocenters. The first kappa shape index (κ1) is 27.6. The number of aliphatic carboxylic acids is 1. The monoisotopic (exact) mass is 540 g/mol. The molecular formula is C22H22F6N2O5S.